The largest absolute Gasteiger partial charge is 0.480 e. The minimum Gasteiger partial charge on any atom is -0.480 e. The van der Waals surface area contributed by atoms with E-state index in [1.165, 1.54) is 12.8 Å². The van der Waals surface area contributed by atoms with Crippen LogP contribution >= 0.6 is 0 Å². The molecule has 0 aliphatic heterocycles. The lowest BCUT2D eigenvalue weighted by atomic mass is 10.0. The minimum atomic E-state index is -0.910. The Labute approximate surface area is 122 Å². The highest BCUT2D eigenvalue weighted by Gasteiger charge is 2.19. The summed E-state index contributed by atoms with van der Waals surface area (Å²) in [4.78, 5) is 22.6. The van der Waals surface area contributed by atoms with Gasteiger partial charge in [-0.25, -0.2) is 0 Å². The van der Waals surface area contributed by atoms with Crippen molar-refractivity contribution in [1.29, 1.82) is 0 Å². The first-order chi connectivity index (χ1) is 9.47. The molecule has 5 nitrogen and oxygen atoms in total. The molecular weight excluding hydrogens is 258 g/mol. The average molecular weight is 287 g/mol. The standard InChI is InChI=1S/C15H29NO4/c1-4-5-6-7-8-20-11-13(17)10-16-14(15(18)19)9-12(2)3/h12,14,16H,4-11H2,1-3H3,(H,18,19). The fraction of sp³-hybridized carbons (Fsp3) is 0.867. The van der Waals surface area contributed by atoms with Gasteiger partial charge in [0.2, 0.25) is 0 Å². The molecule has 118 valence electrons. The lowest BCUT2D eigenvalue weighted by molar-refractivity contribution is -0.140. The van der Waals surface area contributed by atoms with Crippen molar-refractivity contribution in [2.45, 2.75) is 58.9 Å². The van der Waals surface area contributed by atoms with E-state index in [2.05, 4.69) is 12.2 Å². The van der Waals surface area contributed by atoms with E-state index < -0.39 is 12.0 Å². The molecule has 20 heavy (non-hydrogen) atoms. The summed E-state index contributed by atoms with van der Waals surface area (Å²) in [6.45, 7) is 6.77. The molecule has 0 aromatic heterocycles. The van der Waals surface area contributed by atoms with E-state index in [0.29, 0.717) is 13.0 Å². The predicted octanol–water partition coefficient (Wildman–Crippen LogP) is 2.24. The van der Waals surface area contributed by atoms with Gasteiger partial charge in [0.1, 0.15) is 12.6 Å². The van der Waals surface area contributed by atoms with Gasteiger partial charge in [0, 0.05) is 6.61 Å². The van der Waals surface area contributed by atoms with Crippen LogP contribution in [0.15, 0.2) is 0 Å². The first kappa shape index (κ1) is 19.1. The van der Waals surface area contributed by atoms with Crippen LogP contribution < -0.4 is 5.32 Å². The Morgan fingerprint density at radius 1 is 1.20 bits per heavy atom. The molecule has 0 fully saturated rings. The Balaban J connectivity index is 3.71. The molecule has 0 bridgehead atoms. The van der Waals surface area contributed by atoms with Gasteiger partial charge in [-0.1, -0.05) is 40.0 Å². The molecule has 5 heteroatoms. The number of ether oxygens (including phenoxy) is 1. The summed E-state index contributed by atoms with van der Waals surface area (Å²) in [5.41, 5.74) is 0. The quantitative estimate of drug-likeness (QED) is 0.508. The van der Waals surface area contributed by atoms with Crippen molar-refractivity contribution in [2.75, 3.05) is 19.8 Å². The van der Waals surface area contributed by atoms with Crippen LogP contribution in [0.1, 0.15) is 52.9 Å². The van der Waals surface area contributed by atoms with Crippen LogP contribution in [-0.4, -0.2) is 42.7 Å². The van der Waals surface area contributed by atoms with E-state index in [4.69, 9.17) is 9.84 Å². The summed E-state index contributed by atoms with van der Waals surface area (Å²) >= 11 is 0. The van der Waals surface area contributed by atoms with Gasteiger partial charge in [0.15, 0.2) is 5.78 Å². The topological polar surface area (TPSA) is 75.6 Å². The smallest absolute Gasteiger partial charge is 0.320 e. The van der Waals surface area contributed by atoms with Crippen LogP contribution in [0.3, 0.4) is 0 Å². The van der Waals surface area contributed by atoms with Crippen LogP contribution in [0.4, 0.5) is 0 Å². The van der Waals surface area contributed by atoms with Crippen molar-refractivity contribution < 1.29 is 19.4 Å². The summed E-state index contributed by atoms with van der Waals surface area (Å²) in [5, 5.41) is 11.8. The summed E-state index contributed by atoms with van der Waals surface area (Å²) in [5.74, 6) is -0.740. The third kappa shape index (κ3) is 10.9. The molecule has 0 aromatic rings. The van der Waals surface area contributed by atoms with Crippen molar-refractivity contribution in [1.82, 2.24) is 5.32 Å². The average Bonchev–Trinajstić information content (AvgIpc) is 2.37. The van der Waals surface area contributed by atoms with Gasteiger partial charge in [-0.15, -0.1) is 0 Å². The number of hydrogen-bond donors (Lipinski definition) is 2. The minimum absolute atomic E-state index is 0.0542. The summed E-state index contributed by atoms with van der Waals surface area (Å²) < 4.78 is 5.28. The molecule has 1 unspecified atom stereocenters. The molecular formula is C15H29NO4. The number of ketones is 1. The van der Waals surface area contributed by atoms with Crippen molar-refractivity contribution in [3.05, 3.63) is 0 Å². The molecule has 0 aliphatic rings. The molecule has 0 saturated carbocycles. The number of carbonyl (C=O) groups is 2. The van der Waals surface area contributed by atoms with Crippen LogP contribution in [0.25, 0.3) is 0 Å². The van der Waals surface area contributed by atoms with E-state index in [1.54, 1.807) is 0 Å². The van der Waals surface area contributed by atoms with Crippen molar-refractivity contribution in [3.63, 3.8) is 0 Å². The van der Waals surface area contributed by atoms with Crippen LogP contribution in [-0.2, 0) is 14.3 Å². The number of carboxylic acids is 1. The van der Waals surface area contributed by atoms with E-state index >= 15 is 0 Å². The molecule has 0 saturated heterocycles. The number of unbranched alkanes of at least 4 members (excludes halogenated alkanes) is 3. The van der Waals surface area contributed by atoms with Crippen molar-refractivity contribution in [2.24, 2.45) is 5.92 Å². The lowest BCUT2D eigenvalue weighted by Crippen LogP contribution is -2.41. The van der Waals surface area contributed by atoms with Gasteiger partial charge >= 0.3 is 5.97 Å². The molecule has 0 heterocycles. The maximum atomic E-state index is 11.6. The Morgan fingerprint density at radius 2 is 1.90 bits per heavy atom. The number of hydrogen-bond acceptors (Lipinski definition) is 4. The Bertz CT molecular complexity index is 279. The zero-order valence-electron chi connectivity index (χ0n) is 13.0. The first-order valence-corrected chi connectivity index (χ1v) is 7.53. The SMILES string of the molecule is CCCCCCOCC(=O)CNC(CC(C)C)C(=O)O. The number of Topliss-reactive ketones (excluding diaryl/α,β-unsaturated/α-hetero) is 1. The maximum absolute atomic E-state index is 11.6. The molecule has 0 aliphatic carbocycles. The number of nitrogens with one attached hydrogen (secondary N) is 1. The van der Waals surface area contributed by atoms with E-state index in [1.807, 2.05) is 13.8 Å². The summed E-state index contributed by atoms with van der Waals surface area (Å²) in [7, 11) is 0. The van der Waals surface area contributed by atoms with Gasteiger partial charge < -0.3 is 9.84 Å². The van der Waals surface area contributed by atoms with E-state index in [9.17, 15) is 9.59 Å². The summed E-state index contributed by atoms with van der Waals surface area (Å²) in [6, 6.07) is -0.663. The van der Waals surface area contributed by atoms with E-state index in [-0.39, 0.29) is 24.9 Å². The maximum Gasteiger partial charge on any atom is 0.320 e. The number of carboxylic acid groups (broad SMARTS) is 1. The second kappa shape index (κ2) is 11.9. The number of carbonyl (C=O) groups excluding carboxylic acids is 1. The van der Waals surface area contributed by atoms with E-state index in [0.717, 1.165) is 12.8 Å². The second-order valence-electron chi connectivity index (χ2n) is 5.55. The van der Waals surface area contributed by atoms with Gasteiger partial charge in [-0.3, -0.25) is 14.9 Å². The highest BCUT2D eigenvalue weighted by atomic mass is 16.5. The van der Waals surface area contributed by atoms with Gasteiger partial charge in [0.05, 0.1) is 6.54 Å². The molecule has 1 atom stereocenters. The van der Waals surface area contributed by atoms with Gasteiger partial charge in [-0.2, -0.15) is 0 Å². The lowest BCUT2D eigenvalue weighted by Gasteiger charge is -2.15. The third-order valence-corrected chi connectivity index (χ3v) is 2.96. The first-order valence-electron chi connectivity index (χ1n) is 7.53. The van der Waals surface area contributed by atoms with Crippen LogP contribution in [0.2, 0.25) is 0 Å². The van der Waals surface area contributed by atoms with Crippen LogP contribution in [0, 0.1) is 5.92 Å². The predicted molar refractivity (Wildman–Crippen MR) is 78.8 cm³/mol. The molecule has 0 radical (unpaired) electrons. The summed E-state index contributed by atoms with van der Waals surface area (Å²) in [6.07, 6.45) is 4.97. The fourth-order valence-electron chi connectivity index (χ4n) is 1.85. The third-order valence-electron chi connectivity index (χ3n) is 2.96. The van der Waals surface area contributed by atoms with Crippen LogP contribution in [0.5, 0.6) is 0 Å². The normalized spacial score (nSPS) is 12.6. The Hall–Kier alpha value is -0.940. The number of aliphatic carboxylic acids is 1. The highest BCUT2D eigenvalue weighted by molar-refractivity contribution is 5.82. The van der Waals surface area contributed by atoms with Crippen molar-refractivity contribution >= 4 is 11.8 Å². The monoisotopic (exact) mass is 287 g/mol. The molecule has 0 aromatic carbocycles. The fourth-order valence-corrected chi connectivity index (χ4v) is 1.85. The second-order valence-corrected chi connectivity index (χ2v) is 5.55. The Morgan fingerprint density at radius 3 is 2.45 bits per heavy atom. The van der Waals surface area contributed by atoms with Gasteiger partial charge in [0.25, 0.3) is 0 Å². The molecule has 0 spiro atoms. The van der Waals surface area contributed by atoms with Crippen molar-refractivity contribution in [3.8, 4) is 0 Å². The Kier molecular flexibility index (Phi) is 11.3. The molecule has 0 rings (SSSR count). The zero-order valence-corrected chi connectivity index (χ0v) is 13.0. The molecule has 0 amide bonds. The number of rotatable bonds is 13. The zero-order chi connectivity index (χ0) is 15.4. The van der Waals surface area contributed by atoms with Gasteiger partial charge in [-0.05, 0) is 18.8 Å². The highest BCUT2D eigenvalue weighted by Crippen LogP contribution is 2.04. The molecule has 2 N–H and O–H groups in total.